The standard InChI is InChI=1S/C15H28N2O/c1-6-8-15(12-16,9-7-2)13(18)17-11-10-14(3,4)5/h6-11H2,1-5H3,(H,17,18). The van der Waals surface area contributed by atoms with Gasteiger partial charge in [0.2, 0.25) is 5.91 Å². The minimum Gasteiger partial charge on any atom is -0.355 e. The second kappa shape index (κ2) is 7.41. The summed E-state index contributed by atoms with van der Waals surface area (Å²) in [5, 5.41) is 12.3. The van der Waals surface area contributed by atoms with Gasteiger partial charge in [-0.05, 0) is 24.7 Å². The molecule has 0 aromatic carbocycles. The van der Waals surface area contributed by atoms with E-state index in [9.17, 15) is 10.1 Å². The van der Waals surface area contributed by atoms with Crippen LogP contribution in [0, 0.1) is 22.2 Å². The van der Waals surface area contributed by atoms with Crippen LogP contribution in [0.15, 0.2) is 0 Å². The number of carbonyl (C=O) groups is 1. The molecule has 0 bridgehead atoms. The van der Waals surface area contributed by atoms with Gasteiger partial charge in [0.1, 0.15) is 5.41 Å². The third-order valence-corrected chi connectivity index (χ3v) is 3.16. The molecule has 0 rings (SSSR count). The molecule has 0 aromatic rings. The Labute approximate surface area is 112 Å². The molecule has 18 heavy (non-hydrogen) atoms. The van der Waals surface area contributed by atoms with Gasteiger partial charge in [0, 0.05) is 6.54 Å². The van der Waals surface area contributed by atoms with Crippen molar-refractivity contribution in [3.8, 4) is 6.07 Å². The van der Waals surface area contributed by atoms with Crippen molar-refractivity contribution >= 4 is 5.91 Å². The van der Waals surface area contributed by atoms with Crippen molar-refractivity contribution in [2.45, 2.75) is 66.7 Å². The van der Waals surface area contributed by atoms with Crippen LogP contribution in [0.5, 0.6) is 0 Å². The number of amides is 1. The molecule has 0 fully saturated rings. The summed E-state index contributed by atoms with van der Waals surface area (Å²) in [7, 11) is 0. The number of rotatable bonds is 7. The van der Waals surface area contributed by atoms with Crippen LogP contribution in [-0.2, 0) is 4.79 Å². The highest BCUT2D eigenvalue weighted by molar-refractivity contribution is 5.85. The van der Waals surface area contributed by atoms with Crippen LogP contribution in [0.2, 0.25) is 0 Å². The normalized spacial score (nSPS) is 12.0. The average molecular weight is 252 g/mol. The lowest BCUT2D eigenvalue weighted by molar-refractivity contribution is -0.129. The second-order valence-corrected chi connectivity index (χ2v) is 6.26. The minimum atomic E-state index is -0.818. The van der Waals surface area contributed by atoms with Crippen molar-refractivity contribution in [2.75, 3.05) is 6.54 Å². The van der Waals surface area contributed by atoms with Gasteiger partial charge in [0.25, 0.3) is 0 Å². The summed E-state index contributed by atoms with van der Waals surface area (Å²) in [4.78, 5) is 12.2. The zero-order valence-corrected chi connectivity index (χ0v) is 12.6. The van der Waals surface area contributed by atoms with Crippen molar-refractivity contribution in [1.29, 1.82) is 5.26 Å². The number of nitrogens with one attached hydrogen (secondary N) is 1. The van der Waals surface area contributed by atoms with Gasteiger partial charge in [-0.15, -0.1) is 0 Å². The molecule has 0 aromatic heterocycles. The summed E-state index contributed by atoms with van der Waals surface area (Å²) in [6.45, 7) is 11.1. The molecule has 0 aliphatic heterocycles. The van der Waals surface area contributed by atoms with Crippen molar-refractivity contribution in [1.82, 2.24) is 5.32 Å². The third-order valence-electron chi connectivity index (χ3n) is 3.16. The summed E-state index contributed by atoms with van der Waals surface area (Å²) in [6, 6.07) is 2.25. The molecule has 3 heteroatoms. The predicted molar refractivity (Wildman–Crippen MR) is 74.9 cm³/mol. The van der Waals surface area contributed by atoms with Crippen LogP contribution >= 0.6 is 0 Å². The van der Waals surface area contributed by atoms with E-state index in [1.54, 1.807) is 0 Å². The molecule has 0 aliphatic rings. The first-order chi connectivity index (χ1) is 8.31. The van der Waals surface area contributed by atoms with Crippen LogP contribution in [-0.4, -0.2) is 12.5 Å². The molecular weight excluding hydrogens is 224 g/mol. The van der Waals surface area contributed by atoms with E-state index in [1.165, 1.54) is 0 Å². The number of hydrogen-bond donors (Lipinski definition) is 1. The van der Waals surface area contributed by atoms with Crippen LogP contribution in [0.4, 0.5) is 0 Å². The Morgan fingerprint density at radius 2 is 1.61 bits per heavy atom. The van der Waals surface area contributed by atoms with Crippen molar-refractivity contribution < 1.29 is 4.79 Å². The van der Waals surface area contributed by atoms with Crippen molar-refractivity contribution in [2.24, 2.45) is 10.8 Å². The first-order valence-corrected chi connectivity index (χ1v) is 7.01. The van der Waals surface area contributed by atoms with E-state index < -0.39 is 5.41 Å². The third kappa shape index (κ3) is 5.53. The van der Waals surface area contributed by atoms with Gasteiger partial charge in [-0.2, -0.15) is 5.26 Å². The van der Waals surface area contributed by atoms with Gasteiger partial charge >= 0.3 is 0 Å². The molecule has 1 amide bonds. The van der Waals surface area contributed by atoms with E-state index in [2.05, 4.69) is 32.2 Å². The monoisotopic (exact) mass is 252 g/mol. The highest BCUT2D eigenvalue weighted by Gasteiger charge is 2.36. The molecule has 0 heterocycles. The van der Waals surface area contributed by atoms with Gasteiger partial charge in [-0.1, -0.05) is 47.5 Å². The fourth-order valence-electron chi connectivity index (χ4n) is 2.09. The molecule has 104 valence electrons. The van der Waals surface area contributed by atoms with Gasteiger partial charge in [0.15, 0.2) is 0 Å². The molecule has 0 saturated heterocycles. The maximum absolute atomic E-state index is 12.2. The highest BCUT2D eigenvalue weighted by atomic mass is 16.2. The number of carbonyl (C=O) groups excluding carboxylic acids is 1. The van der Waals surface area contributed by atoms with Gasteiger partial charge in [-0.25, -0.2) is 0 Å². The second-order valence-electron chi connectivity index (χ2n) is 6.26. The minimum absolute atomic E-state index is 0.0852. The molecule has 0 radical (unpaired) electrons. The lowest BCUT2D eigenvalue weighted by Gasteiger charge is -2.26. The molecule has 0 saturated carbocycles. The Kier molecular flexibility index (Phi) is 6.98. The summed E-state index contributed by atoms with van der Waals surface area (Å²) >= 11 is 0. The van der Waals surface area contributed by atoms with E-state index in [1.807, 2.05) is 13.8 Å². The summed E-state index contributed by atoms with van der Waals surface area (Å²) in [5.41, 5.74) is -0.612. The molecule has 0 atom stereocenters. The van der Waals surface area contributed by atoms with Crippen LogP contribution in [0.3, 0.4) is 0 Å². The molecule has 3 nitrogen and oxygen atoms in total. The summed E-state index contributed by atoms with van der Waals surface area (Å²) < 4.78 is 0. The first-order valence-electron chi connectivity index (χ1n) is 7.01. The van der Waals surface area contributed by atoms with Crippen molar-refractivity contribution in [3.63, 3.8) is 0 Å². The van der Waals surface area contributed by atoms with Gasteiger partial charge in [-0.3, -0.25) is 4.79 Å². The van der Waals surface area contributed by atoms with Gasteiger partial charge < -0.3 is 5.32 Å². The van der Waals surface area contributed by atoms with E-state index in [0.29, 0.717) is 19.4 Å². The molecule has 0 aliphatic carbocycles. The van der Waals surface area contributed by atoms with Crippen LogP contribution < -0.4 is 5.32 Å². The molecule has 0 spiro atoms. The predicted octanol–water partition coefficient (Wildman–Crippen LogP) is 3.65. The fourth-order valence-corrected chi connectivity index (χ4v) is 2.09. The SMILES string of the molecule is CCCC(C#N)(CCC)C(=O)NCCC(C)(C)C. The maximum Gasteiger partial charge on any atom is 0.240 e. The fraction of sp³-hybridized carbons (Fsp3) is 0.867. The topological polar surface area (TPSA) is 52.9 Å². The highest BCUT2D eigenvalue weighted by Crippen LogP contribution is 2.29. The molecule has 0 unspecified atom stereocenters. The smallest absolute Gasteiger partial charge is 0.240 e. The zero-order valence-electron chi connectivity index (χ0n) is 12.6. The lowest BCUT2D eigenvalue weighted by atomic mass is 9.79. The van der Waals surface area contributed by atoms with E-state index in [0.717, 1.165) is 19.3 Å². The first kappa shape index (κ1) is 17.0. The Morgan fingerprint density at radius 1 is 1.11 bits per heavy atom. The zero-order chi connectivity index (χ0) is 14.2. The van der Waals surface area contributed by atoms with Gasteiger partial charge in [0.05, 0.1) is 6.07 Å². The Morgan fingerprint density at radius 3 is 1.94 bits per heavy atom. The quantitative estimate of drug-likeness (QED) is 0.752. The van der Waals surface area contributed by atoms with E-state index in [4.69, 9.17) is 0 Å². The van der Waals surface area contributed by atoms with Crippen LogP contribution in [0.25, 0.3) is 0 Å². The van der Waals surface area contributed by atoms with Crippen molar-refractivity contribution in [3.05, 3.63) is 0 Å². The molecular formula is C15H28N2O. The maximum atomic E-state index is 12.2. The Balaban J connectivity index is 4.53. The summed E-state index contributed by atoms with van der Waals surface area (Å²) in [5.74, 6) is -0.0852. The number of nitriles is 1. The van der Waals surface area contributed by atoms with Crippen LogP contribution in [0.1, 0.15) is 66.7 Å². The Bertz CT molecular complexity index is 291. The van der Waals surface area contributed by atoms with E-state index in [-0.39, 0.29) is 11.3 Å². The molecule has 1 N–H and O–H groups in total. The number of hydrogen-bond acceptors (Lipinski definition) is 2. The summed E-state index contributed by atoms with van der Waals surface area (Å²) in [6.07, 6.45) is 3.95. The number of nitrogens with zero attached hydrogens (tertiary/aromatic N) is 1. The average Bonchev–Trinajstić information content (AvgIpc) is 2.26. The Hall–Kier alpha value is -1.04. The van der Waals surface area contributed by atoms with E-state index >= 15 is 0 Å². The largest absolute Gasteiger partial charge is 0.355 e. The lowest BCUT2D eigenvalue weighted by Crippen LogP contribution is -2.41.